The third-order valence-electron chi connectivity index (χ3n) is 6.69. The van der Waals surface area contributed by atoms with E-state index in [1.807, 2.05) is 19.1 Å². The van der Waals surface area contributed by atoms with Gasteiger partial charge >= 0.3 is 10.3 Å². The Hall–Kier alpha value is -2.81. The summed E-state index contributed by atoms with van der Waals surface area (Å²) < 4.78 is 32.9. The number of nitrogens with zero attached hydrogens (tertiary/aromatic N) is 3. The summed E-state index contributed by atoms with van der Waals surface area (Å²) in [4.78, 5) is 27.9. The van der Waals surface area contributed by atoms with Gasteiger partial charge in [0.2, 0.25) is 5.78 Å². The van der Waals surface area contributed by atoms with Crippen LogP contribution < -0.4 is 10.5 Å². The van der Waals surface area contributed by atoms with Crippen LogP contribution in [0.15, 0.2) is 36.9 Å². The van der Waals surface area contributed by atoms with E-state index in [1.54, 1.807) is 6.20 Å². The van der Waals surface area contributed by atoms with Gasteiger partial charge in [0.05, 0.1) is 35.5 Å². The molecule has 1 fully saturated rings. The lowest BCUT2D eigenvalue weighted by Crippen LogP contribution is -2.24. The summed E-state index contributed by atoms with van der Waals surface area (Å²) in [6.45, 7) is 2.33. The number of nitrogens with two attached hydrogens (primary N) is 1. The number of hydrogen-bond donors (Lipinski definition) is 3. The first-order valence-electron chi connectivity index (χ1n) is 11.8. The van der Waals surface area contributed by atoms with E-state index in [-0.39, 0.29) is 24.5 Å². The number of carbonyl (C=O) groups is 1. The molecule has 4 heterocycles. The first kappa shape index (κ1) is 25.8. The van der Waals surface area contributed by atoms with Crippen molar-refractivity contribution >= 4 is 33.2 Å². The number of hydrogen-bond acceptors (Lipinski definition) is 11. The summed E-state index contributed by atoms with van der Waals surface area (Å²) in [7, 11) is -4.09. The fraction of sp³-hybridized carbons (Fsp3) is 0.417. The summed E-state index contributed by atoms with van der Waals surface area (Å²) in [6.07, 6.45) is 5.00. The van der Waals surface area contributed by atoms with Gasteiger partial charge in [-0.25, -0.2) is 15.1 Å². The van der Waals surface area contributed by atoms with Gasteiger partial charge in [-0.2, -0.15) is 8.42 Å². The molecule has 37 heavy (non-hydrogen) atoms. The Kier molecular flexibility index (Phi) is 7.34. The highest BCUT2D eigenvalue weighted by Gasteiger charge is 2.35. The second kappa shape index (κ2) is 10.5. The van der Waals surface area contributed by atoms with E-state index in [2.05, 4.69) is 30.5 Å². The minimum Gasteiger partial charge on any atom is -0.393 e. The van der Waals surface area contributed by atoms with Crippen LogP contribution in [0.4, 0.5) is 5.82 Å². The van der Waals surface area contributed by atoms with Crippen LogP contribution in [0.5, 0.6) is 0 Å². The molecule has 2 aliphatic rings. The van der Waals surface area contributed by atoms with Crippen molar-refractivity contribution in [3.8, 4) is 0 Å². The Morgan fingerprint density at radius 2 is 2.19 bits per heavy atom. The number of aliphatic hydroxyl groups excluding tert-OH is 1. The number of aromatic nitrogens is 3. The van der Waals surface area contributed by atoms with Crippen molar-refractivity contribution in [1.82, 2.24) is 15.0 Å². The molecule has 5 rings (SSSR count). The van der Waals surface area contributed by atoms with E-state index in [0.717, 1.165) is 28.1 Å². The number of rotatable bonds is 8. The number of anilines is 1. The van der Waals surface area contributed by atoms with Crippen LogP contribution in [0.1, 0.15) is 55.9 Å². The van der Waals surface area contributed by atoms with Gasteiger partial charge in [-0.1, -0.05) is 6.07 Å². The van der Waals surface area contributed by atoms with Gasteiger partial charge in [-0.3, -0.25) is 14.0 Å². The SMILES string of the molecule is Cc1sc(C(=O)c2cncnc2N[C@@H]2C[C@H](COS(N)(=O)=O)[C@@H](O)C2)cc1C1OCCc2cccnc21. The number of nitrogens with one attached hydrogen (secondary N) is 1. The maximum atomic E-state index is 13.6. The first-order valence-corrected chi connectivity index (χ1v) is 14.1. The van der Waals surface area contributed by atoms with Crippen LogP contribution in [-0.2, 0) is 25.6 Å². The Morgan fingerprint density at radius 3 is 3.00 bits per heavy atom. The molecule has 3 aromatic rings. The predicted molar refractivity (Wildman–Crippen MR) is 135 cm³/mol. The standard InChI is InChI=1S/C24H27N5O6S2/c1-13-17(23-21-14(4-6-34-23)3-2-5-27-21)9-20(36-13)22(31)18-10-26-12-28-24(18)29-16-7-15(19(30)8-16)11-35-37(25,32)33/h2-3,5,9-10,12,15-16,19,23,30H,4,6-8,11H2,1H3,(H2,25,32,33)(H,26,28,29)/t15-,16-,19+,23?/m1/s1. The minimum atomic E-state index is -4.09. The quantitative estimate of drug-likeness (QED) is 0.356. The topological polar surface area (TPSA) is 167 Å². The highest BCUT2D eigenvalue weighted by Crippen LogP contribution is 2.37. The monoisotopic (exact) mass is 545 g/mol. The Bertz CT molecular complexity index is 1410. The van der Waals surface area contributed by atoms with Gasteiger partial charge in [0.1, 0.15) is 18.2 Å². The molecule has 0 saturated heterocycles. The highest BCUT2D eigenvalue weighted by atomic mass is 32.2. The molecule has 4 N–H and O–H groups in total. The van der Waals surface area contributed by atoms with E-state index >= 15 is 0 Å². The third kappa shape index (κ3) is 5.71. The van der Waals surface area contributed by atoms with Crippen LogP contribution in [0, 0.1) is 12.8 Å². The summed E-state index contributed by atoms with van der Waals surface area (Å²) >= 11 is 1.38. The van der Waals surface area contributed by atoms with E-state index in [9.17, 15) is 18.3 Å². The van der Waals surface area contributed by atoms with Gasteiger partial charge < -0.3 is 15.2 Å². The van der Waals surface area contributed by atoms with Crippen molar-refractivity contribution in [3.05, 3.63) is 69.1 Å². The fourth-order valence-corrected chi connectivity index (χ4v) is 6.25. The lowest BCUT2D eigenvalue weighted by molar-refractivity contribution is 0.0663. The largest absolute Gasteiger partial charge is 0.393 e. The lowest BCUT2D eigenvalue weighted by atomic mass is 9.98. The molecule has 1 saturated carbocycles. The smallest absolute Gasteiger partial charge is 0.333 e. The number of thiophene rings is 1. The zero-order valence-electron chi connectivity index (χ0n) is 20.0. The Balaban J connectivity index is 1.34. The molecule has 0 aromatic carbocycles. The van der Waals surface area contributed by atoms with Crippen molar-refractivity contribution in [2.45, 2.75) is 44.4 Å². The number of ether oxygens (including phenoxy) is 1. The molecule has 11 nitrogen and oxygen atoms in total. The van der Waals surface area contributed by atoms with Crippen molar-refractivity contribution in [2.75, 3.05) is 18.5 Å². The molecule has 3 aromatic heterocycles. The number of aliphatic hydroxyl groups is 1. The predicted octanol–water partition coefficient (Wildman–Crippen LogP) is 1.91. The molecular weight excluding hydrogens is 518 g/mol. The van der Waals surface area contributed by atoms with Crippen molar-refractivity contribution in [2.24, 2.45) is 11.1 Å². The van der Waals surface area contributed by atoms with Gasteiger partial charge in [-0.05, 0) is 43.9 Å². The maximum Gasteiger partial charge on any atom is 0.333 e. The van der Waals surface area contributed by atoms with Crippen LogP contribution >= 0.6 is 11.3 Å². The van der Waals surface area contributed by atoms with E-state index in [1.165, 1.54) is 23.9 Å². The van der Waals surface area contributed by atoms with Gasteiger partial charge in [-0.15, -0.1) is 11.3 Å². The summed E-state index contributed by atoms with van der Waals surface area (Å²) in [5.74, 6) is -0.308. The highest BCUT2D eigenvalue weighted by molar-refractivity contribution is 7.84. The zero-order valence-corrected chi connectivity index (χ0v) is 21.7. The number of aryl methyl sites for hydroxylation is 1. The van der Waals surface area contributed by atoms with E-state index in [0.29, 0.717) is 35.7 Å². The normalized spacial score (nSPS) is 23.5. The lowest BCUT2D eigenvalue weighted by Gasteiger charge is -2.25. The molecular formula is C24H27N5O6S2. The Labute approximate surface area is 218 Å². The van der Waals surface area contributed by atoms with Gasteiger partial charge in [0.25, 0.3) is 0 Å². The second-order valence-electron chi connectivity index (χ2n) is 9.20. The van der Waals surface area contributed by atoms with Crippen LogP contribution in [0.2, 0.25) is 0 Å². The molecule has 1 aliphatic carbocycles. The number of carbonyl (C=O) groups excluding carboxylic acids is 1. The third-order valence-corrected chi connectivity index (χ3v) is 8.22. The number of ketones is 1. The second-order valence-corrected chi connectivity index (χ2v) is 11.7. The van der Waals surface area contributed by atoms with Crippen LogP contribution in [-0.4, -0.2) is 59.6 Å². The number of fused-ring (bicyclic) bond motifs is 1. The van der Waals surface area contributed by atoms with Gasteiger partial charge in [0, 0.05) is 34.8 Å². The molecule has 1 aliphatic heterocycles. The molecule has 0 radical (unpaired) electrons. The Morgan fingerprint density at radius 1 is 1.35 bits per heavy atom. The average molecular weight is 546 g/mol. The molecule has 4 atom stereocenters. The maximum absolute atomic E-state index is 13.6. The molecule has 196 valence electrons. The molecule has 13 heteroatoms. The van der Waals surface area contributed by atoms with Crippen molar-refractivity contribution in [3.63, 3.8) is 0 Å². The van der Waals surface area contributed by atoms with Crippen LogP contribution in [0.25, 0.3) is 0 Å². The summed E-state index contributed by atoms with van der Waals surface area (Å²) in [6, 6.07) is 5.58. The molecule has 0 bridgehead atoms. The van der Waals surface area contributed by atoms with E-state index < -0.39 is 22.3 Å². The fourth-order valence-electron chi connectivity index (χ4n) is 4.89. The molecule has 0 amide bonds. The summed E-state index contributed by atoms with van der Waals surface area (Å²) in [5, 5.41) is 18.5. The van der Waals surface area contributed by atoms with Crippen LogP contribution in [0.3, 0.4) is 0 Å². The van der Waals surface area contributed by atoms with Gasteiger partial charge in [0.15, 0.2) is 0 Å². The zero-order chi connectivity index (χ0) is 26.2. The first-order chi connectivity index (χ1) is 17.7. The molecule has 0 spiro atoms. The van der Waals surface area contributed by atoms with Crippen molar-refractivity contribution in [1.29, 1.82) is 0 Å². The minimum absolute atomic E-state index is 0.216. The van der Waals surface area contributed by atoms with Crippen molar-refractivity contribution < 1.29 is 27.2 Å². The summed E-state index contributed by atoms with van der Waals surface area (Å²) in [5.41, 5.74) is 3.24. The number of pyridine rings is 1. The molecule has 1 unspecified atom stereocenters. The average Bonchev–Trinajstić information content (AvgIpc) is 3.43. The van der Waals surface area contributed by atoms with E-state index in [4.69, 9.17) is 9.88 Å².